The zero-order chi connectivity index (χ0) is 12.1. The van der Waals surface area contributed by atoms with Crippen LogP contribution in [0.15, 0.2) is 18.2 Å². The predicted molar refractivity (Wildman–Crippen MR) is 58.3 cm³/mol. The minimum Gasteiger partial charge on any atom is -0.382 e. The molecule has 1 aromatic rings. The van der Waals surface area contributed by atoms with E-state index in [2.05, 4.69) is 5.32 Å². The first-order chi connectivity index (χ1) is 7.50. The highest BCUT2D eigenvalue weighted by molar-refractivity contribution is 6.31. The predicted octanol–water partition coefficient (Wildman–Crippen LogP) is 0.415. The molecule has 0 aliphatic rings. The number of primary amides is 1. The van der Waals surface area contributed by atoms with Crippen molar-refractivity contribution >= 4 is 17.5 Å². The van der Waals surface area contributed by atoms with E-state index in [1.165, 1.54) is 18.2 Å². The molecule has 0 aromatic heterocycles. The first kappa shape index (κ1) is 12.9. The molecule has 0 spiro atoms. The van der Waals surface area contributed by atoms with Gasteiger partial charge >= 0.3 is 0 Å². The van der Waals surface area contributed by atoms with E-state index in [-0.39, 0.29) is 13.1 Å². The van der Waals surface area contributed by atoms with Crippen molar-refractivity contribution in [2.24, 2.45) is 5.73 Å². The zero-order valence-electron chi connectivity index (χ0n) is 8.41. The molecular formula is C10H12ClFN2O2. The van der Waals surface area contributed by atoms with E-state index < -0.39 is 17.8 Å². The quantitative estimate of drug-likeness (QED) is 0.705. The summed E-state index contributed by atoms with van der Waals surface area (Å²) in [7, 11) is 0. The Morgan fingerprint density at radius 1 is 1.62 bits per heavy atom. The van der Waals surface area contributed by atoms with E-state index in [0.29, 0.717) is 10.6 Å². The van der Waals surface area contributed by atoms with Gasteiger partial charge in [0, 0.05) is 18.1 Å². The number of carbonyl (C=O) groups is 1. The summed E-state index contributed by atoms with van der Waals surface area (Å²) in [6.45, 7) is 0.253. The average Bonchev–Trinajstić information content (AvgIpc) is 2.22. The van der Waals surface area contributed by atoms with Crippen LogP contribution in [-0.2, 0) is 11.3 Å². The van der Waals surface area contributed by atoms with Crippen LogP contribution >= 0.6 is 11.6 Å². The van der Waals surface area contributed by atoms with Gasteiger partial charge in [-0.15, -0.1) is 0 Å². The molecular weight excluding hydrogens is 235 g/mol. The normalized spacial score (nSPS) is 12.4. The van der Waals surface area contributed by atoms with Gasteiger partial charge in [-0.3, -0.25) is 4.79 Å². The molecule has 0 saturated carbocycles. The Bertz CT molecular complexity index is 387. The number of rotatable bonds is 5. The van der Waals surface area contributed by atoms with E-state index in [4.69, 9.17) is 22.4 Å². The molecule has 1 aromatic carbocycles. The van der Waals surface area contributed by atoms with Crippen LogP contribution < -0.4 is 11.1 Å². The van der Waals surface area contributed by atoms with Gasteiger partial charge in [-0.25, -0.2) is 4.39 Å². The van der Waals surface area contributed by atoms with Crippen LogP contribution in [0, 0.1) is 5.82 Å². The summed E-state index contributed by atoms with van der Waals surface area (Å²) >= 11 is 5.81. The maximum absolute atomic E-state index is 12.9. The lowest BCUT2D eigenvalue weighted by molar-refractivity contribution is -0.125. The summed E-state index contributed by atoms with van der Waals surface area (Å²) in [6, 6.07) is 3.98. The van der Waals surface area contributed by atoms with Gasteiger partial charge in [-0.2, -0.15) is 0 Å². The molecule has 88 valence electrons. The minimum absolute atomic E-state index is 0.00216. The molecule has 4 nitrogen and oxygen atoms in total. The van der Waals surface area contributed by atoms with Crippen molar-refractivity contribution in [3.05, 3.63) is 34.6 Å². The number of hydrogen-bond acceptors (Lipinski definition) is 3. The molecule has 0 radical (unpaired) electrons. The Hall–Kier alpha value is -1.17. The van der Waals surface area contributed by atoms with Crippen molar-refractivity contribution in [2.75, 3.05) is 6.54 Å². The van der Waals surface area contributed by atoms with Crippen molar-refractivity contribution in [1.29, 1.82) is 0 Å². The maximum atomic E-state index is 12.9. The molecule has 0 aliphatic heterocycles. The molecule has 0 aliphatic carbocycles. The second kappa shape index (κ2) is 5.79. The molecule has 0 bridgehead atoms. The molecule has 0 saturated heterocycles. The number of aliphatic hydroxyl groups is 1. The van der Waals surface area contributed by atoms with Crippen LogP contribution in [0.3, 0.4) is 0 Å². The van der Waals surface area contributed by atoms with Crippen molar-refractivity contribution in [2.45, 2.75) is 12.6 Å². The molecule has 1 rings (SSSR count). The Balaban J connectivity index is 2.48. The van der Waals surface area contributed by atoms with Gasteiger partial charge < -0.3 is 16.2 Å². The number of nitrogens with one attached hydrogen (secondary N) is 1. The van der Waals surface area contributed by atoms with Gasteiger partial charge in [0.05, 0.1) is 0 Å². The Labute approximate surface area is 97.2 Å². The zero-order valence-corrected chi connectivity index (χ0v) is 9.17. The Morgan fingerprint density at radius 2 is 2.31 bits per heavy atom. The maximum Gasteiger partial charge on any atom is 0.247 e. The molecule has 4 N–H and O–H groups in total. The molecule has 1 atom stereocenters. The summed E-state index contributed by atoms with van der Waals surface area (Å²) in [5.74, 6) is -1.20. The number of nitrogens with two attached hydrogens (primary N) is 1. The summed E-state index contributed by atoms with van der Waals surface area (Å²) < 4.78 is 12.9. The first-order valence-electron chi connectivity index (χ1n) is 4.62. The van der Waals surface area contributed by atoms with Crippen molar-refractivity contribution in [1.82, 2.24) is 5.32 Å². The van der Waals surface area contributed by atoms with Crippen LogP contribution in [0.25, 0.3) is 0 Å². The number of carbonyl (C=O) groups excluding carboxylic acids is 1. The van der Waals surface area contributed by atoms with Gasteiger partial charge in [-0.05, 0) is 23.8 Å². The third kappa shape index (κ3) is 3.77. The summed E-state index contributed by atoms with van der Waals surface area (Å²) in [6.07, 6.45) is -1.26. The third-order valence-corrected chi connectivity index (χ3v) is 2.36. The fourth-order valence-corrected chi connectivity index (χ4v) is 1.31. The van der Waals surface area contributed by atoms with Crippen molar-refractivity contribution in [3.8, 4) is 0 Å². The van der Waals surface area contributed by atoms with Crippen LogP contribution in [0.4, 0.5) is 4.39 Å². The Morgan fingerprint density at radius 3 is 2.94 bits per heavy atom. The van der Waals surface area contributed by atoms with Gasteiger partial charge in [-0.1, -0.05) is 11.6 Å². The van der Waals surface area contributed by atoms with Gasteiger partial charge in [0.2, 0.25) is 5.91 Å². The second-order valence-electron chi connectivity index (χ2n) is 3.28. The van der Waals surface area contributed by atoms with E-state index in [9.17, 15) is 9.18 Å². The van der Waals surface area contributed by atoms with Crippen LogP contribution in [0.2, 0.25) is 5.02 Å². The number of amides is 1. The number of benzene rings is 1. The van der Waals surface area contributed by atoms with Gasteiger partial charge in [0.1, 0.15) is 11.9 Å². The first-order valence-corrected chi connectivity index (χ1v) is 5.00. The minimum atomic E-state index is -1.26. The standard InChI is InChI=1S/C10H12ClFN2O2/c11-8-2-1-7(12)3-6(8)4-14-5-9(15)10(13)16/h1-3,9,14-15H,4-5H2,(H2,13,16). The third-order valence-electron chi connectivity index (χ3n) is 1.99. The summed E-state index contributed by atoms with van der Waals surface area (Å²) in [4.78, 5) is 10.5. The van der Waals surface area contributed by atoms with Crippen LogP contribution in [0.1, 0.15) is 5.56 Å². The highest BCUT2D eigenvalue weighted by Crippen LogP contribution is 2.16. The van der Waals surface area contributed by atoms with Crippen LogP contribution in [0.5, 0.6) is 0 Å². The molecule has 6 heteroatoms. The monoisotopic (exact) mass is 246 g/mol. The van der Waals surface area contributed by atoms with Crippen LogP contribution in [-0.4, -0.2) is 23.7 Å². The molecule has 0 fully saturated rings. The average molecular weight is 247 g/mol. The summed E-state index contributed by atoms with van der Waals surface area (Å²) in [5, 5.41) is 12.3. The number of hydrogen-bond donors (Lipinski definition) is 3. The van der Waals surface area contributed by atoms with Gasteiger partial charge in [0.15, 0.2) is 0 Å². The number of aliphatic hydroxyl groups excluding tert-OH is 1. The molecule has 16 heavy (non-hydrogen) atoms. The lowest BCUT2D eigenvalue weighted by Crippen LogP contribution is -2.37. The molecule has 0 heterocycles. The number of halogens is 2. The SMILES string of the molecule is NC(=O)C(O)CNCc1cc(F)ccc1Cl. The topological polar surface area (TPSA) is 75.4 Å². The van der Waals surface area contributed by atoms with Crippen molar-refractivity contribution in [3.63, 3.8) is 0 Å². The largest absolute Gasteiger partial charge is 0.382 e. The second-order valence-corrected chi connectivity index (χ2v) is 3.69. The molecule has 1 amide bonds. The fraction of sp³-hybridized carbons (Fsp3) is 0.300. The van der Waals surface area contributed by atoms with Gasteiger partial charge in [0.25, 0.3) is 0 Å². The highest BCUT2D eigenvalue weighted by Gasteiger charge is 2.10. The van der Waals surface area contributed by atoms with E-state index in [1.807, 2.05) is 0 Å². The van der Waals surface area contributed by atoms with E-state index in [0.717, 1.165) is 0 Å². The highest BCUT2D eigenvalue weighted by atomic mass is 35.5. The Kier molecular flexibility index (Phi) is 4.67. The smallest absolute Gasteiger partial charge is 0.247 e. The lowest BCUT2D eigenvalue weighted by atomic mass is 10.2. The summed E-state index contributed by atoms with van der Waals surface area (Å²) in [5.41, 5.74) is 5.41. The van der Waals surface area contributed by atoms with E-state index >= 15 is 0 Å². The fourth-order valence-electron chi connectivity index (χ4n) is 1.12. The van der Waals surface area contributed by atoms with E-state index in [1.54, 1.807) is 0 Å². The lowest BCUT2D eigenvalue weighted by Gasteiger charge is -2.09. The molecule has 1 unspecified atom stereocenters. The van der Waals surface area contributed by atoms with Crippen molar-refractivity contribution < 1.29 is 14.3 Å².